The lowest BCUT2D eigenvalue weighted by Gasteiger charge is -2.27. The number of benzene rings is 1. The van der Waals surface area contributed by atoms with E-state index in [-0.39, 0.29) is 0 Å². The van der Waals surface area contributed by atoms with E-state index in [0.717, 1.165) is 16.9 Å². The molecule has 3 aliphatic rings. The molecule has 26 heavy (non-hydrogen) atoms. The van der Waals surface area contributed by atoms with Crippen LogP contribution in [0.25, 0.3) is 0 Å². The lowest BCUT2D eigenvalue weighted by atomic mass is 9.88. The van der Waals surface area contributed by atoms with Crippen LogP contribution in [0.2, 0.25) is 0 Å². The van der Waals surface area contributed by atoms with Gasteiger partial charge in [0.2, 0.25) is 0 Å². The number of thiocarbonyl (C=S) groups is 1. The molecule has 2 N–H and O–H groups in total. The summed E-state index contributed by atoms with van der Waals surface area (Å²) in [6, 6.07) is 7.58. The van der Waals surface area contributed by atoms with E-state index in [4.69, 9.17) is 12.2 Å². The molecule has 3 aliphatic carbocycles. The van der Waals surface area contributed by atoms with E-state index < -0.39 is 0 Å². The van der Waals surface area contributed by atoms with E-state index in [9.17, 15) is 0 Å². The van der Waals surface area contributed by atoms with Crippen LogP contribution in [-0.2, 0) is 0 Å². The van der Waals surface area contributed by atoms with Gasteiger partial charge in [-0.25, -0.2) is 0 Å². The second-order valence-corrected chi connectivity index (χ2v) is 9.12. The molecule has 3 saturated carbocycles. The first-order valence-corrected chi connectivity index (χ1v) is 11.4. The molecular formula is C23H34N2S. The van der Waals surface area contributed by atoms with Gasteiger partial charge in [-0.1, -0.05) is 63.1 Å². The average molecular weight is 371 g/mol. The van der Waals surface area contributed by atoms with Gasteiger partial charge < -0.3 is 10.6 Å². The molecule has 0 atom stereocenters. The van der Waals surface area contributed by atoms with Crippen LogP contribution in [-0.4, -0.2) is 11.2 Å². The fourth-order valence-electron chi connectivity index (χ4n) is 5.47. The SMILES string of the molecule is S=C(Nc1c(C2CCCC2)cccc1C1CCCC1)NC1CCCCC1. The molecule has 0 saturated heterocycles. The van der Waals surface area contributed by atoms with Gasteiger partial charge in [0, 0.05) is 11.7 Å². The van der Waals surface area contributed by atoms with E-state index in [1.807, 2.05) is 0 Å². The first kappa shape index (κ1) is 18.3. The zero-order valence-corrected chi connectivity index (χ0v) is 16.9. The molecule has 0 amide bonds. The molecule has 3 heteroatoms. The predicted molar refractivity (Wildman–Crippen MR) is 115 cm³/mol. The molecule has 0 aromatic heterocycles. The summed E-state index contributed by atoms with van der Waals surface area (Å²) in [6.45, 7) is 0. The minimum Gasteiger partial charge on any atom is -0.360 e. The van der Waals surface area contributed by atoms with Gasteiger partial charge in [0.25, 0.3) is 0 Å². The highest BCUT2D eigenvalue weighted by Crippen LogP contribution is 2.44. The quantitative estimate of drug-likeness (QED) is 0.582. The van der Waals surface area contributed by atoms with Gasteiger partial charge in [-0.15, -0.1) is 0 Å². The Morgan fingerprint density at radius 3 is 1.77 bits per heavy atom. The van der Waals surface area contributed by atoms with Gasteiger partial charge in [0.1, 0.15) is 0 Å². The van der Waals surface area contributed by atoms with E-state index >= 15 is 0 Å². The molecule has 1 aromatic rings. The van der Waals surface area contributed by atoms with Crippen molar-refractivity contribution >= 4 is 23.0 Å². The maximum atomic E-state index is 5.76. The average Bonchev–Trinajstić information content (AvgIpc) is 3.37. The zero-order chi connectivity index (χ0) is 17.8. The fourth-order valence-corrected chi connectivity index (χ4v) is 5.74. The van der Waals surface area contributed by atoms with Crippen LogP contribution in [0.4, 0.5) is 5.69 Å². The van der Waals surface area contributed by atoms with Crippen molar-refractivity contribution < 1.29 is 0 Å². The maximum Gasteiger partial charge on any atom is 0.171 e. The van der Waals surface area contributed by atoms with E-state index in [1.165, 1.54) is 100 Å². The molecule has 0 unspecified atom stereocenters. The van der Waals surface area contributed by atoms with Crippen LogP contribution in [0.15, 0.2) is 18.2 Å². The smallest absolute Gasteiger partial charge is 0.171 e. The second-order valence-electron chi connectivity index (χ2n) is 8.71. The lowest BCUT2D eigenvalue weighted by Crippen LogP contribution is -2.39. The van der Waals surface area contributed by atoms with Crippen molar-refractivity contribution in [3.8, 4) is 0 Å². The third-order valence-corrected chi connectivity index (χ3v) is 7.12. The van der Waals surface area contributed by atoms with E-state index in [2.05, 4.69) is 28.8 Å². The monoisotopic (exact) mass is 370 g/mol. The number of hydrogen-bond donors (Lipinski definition) is 2. The van der Waals surface area contributed by atoms with Crippen molar-refractivity contribution in [2.75, 3.05) is 5.32 Å². The van der Waals surface area contributed by atoms with Crippen molar-refractivity contribution in [3.05, 3.63) is 29.3 Å². The maximum absolute atomic E-state index is 5.76. The highest BCUT2D eigenvalue weighted by molar-refractivity contribution is 7.80. The third kappa shape index (κ3) is 4.24. The highest BCUT2D eigenvalue weighted by Gasteiger charge is 2.26. The van der Waals surface area contributed by atoms with Crippen LogP contribution >= 0.6 is 12.2 Å². The molecule has 0 spiro atoms. The van der Waals surface area contributed by atoms with Crippen molar-refractivity contribution in [2.45, 2.75) is 101 Å². The van der Waals surface area contributed by atoms with E-state index in [1.54, 1.807) is 0 Å². The standard InChI is InChI=1S/C23H34N2S/c26-23(24-19-13-2-1-3-14-19)25-22-20(17-9-4-5-10-17)15-8-16-21(22)18-11-6-7-12-18/h8,15-19H,1-7,9-14H2,(H2,24,25,26). The molecule has 3 fully saturated rings. The van der Waals surface area contributed by atoms with Crippen molar-refractivity contribution in [1.29, 1.82) is 0 Å². The van der Waals surface area contributed by atoms with Gasteiger partial charge in [0.05, 0.1) is 0 Å². The Morgan fingerprint density at radius 1 is 0.731 bits per heavy atom. The Balaban J connectivity index is 1.55. The molecule has 0 radical (unpaired) electrons. The largest absolute Gasteiger partial charge is 0.360 e. The van der Waals surface area contributed by atoms with Crippen LogP contribution in [0.1, 0.15) is 106 Å². The van der Waals surface area contributed by atoms with Crippen molar-refractivity contribution in [3.63, 3.8) is 0 Å². The van der Waals surface area contributed by atoms with Gasteiger partial charge in [-0.2, -0.15) is 0 Å². The summed E-state index contributed by atoms with van der Waals surface area (Å²) in [5.74, 6) is 1.44. The van der Waals surface area contributed by atoms with Crippen LogP contribution in [0.3, 0.4) is 0 Å². The van der Waals surface area contributed by atoms with E-state index in [0.29, 0.717) is 6.04 Å². The van der Waals surface area contributed by atoms with Gasteiger partial charge in [-0.05, 0) is 73.7 Å². The molecule has 0 aliphatic heterocycles. The normalized spacial score (nSPS) is 22.6. The lowest BCUT2D eigenvalue weighted by molar-refractivity contribution is 0.415. The predicted octanol–water partition coefficient (Wildman–Crippen LogP) is 6.62. The number of para-hydroxylation sites is 1. The summed E-state index contributed by atoms with van der Waals surface area (Å²) >= 11 is 5.76. The van der Waals surface area contributed by atoms with Gasteiger partial charge in [0.15, 0.2) is 5.11 Å². The first-order valence-electron chi connectivity index (χ1n) is 11.0. The summed E-state index contributed by atoms with van der Waals surface area (Å²) in [4.78, 5) is 0. The second kappa shape index (κ2) is 8.73. The zero-order valence-electron chi connectivity index (χ0n) is 16.1. The molecule has 2 nitrogen and oxygen atoms in total. The van der Waals surface area contributed by atoms with Crippen LogP contribution in [0, 0.1) is 0 Å². The summed E-state index contributed by atoms with van der Waals surface area (Å²) in [5, 5.41) is 8.17. The Labute approximate surface area is 164 Å². The first-order chi connectivity index (χ1) is 12.8. The van der Waals surface area contributed by atoms with Gasteiger partial charge in [-0.3, -0.25) is 0 Å². The molecular weight excluding hydrogens is 336 g/mol. The highest BCUT2D eigenvalue weighted by atomic mass is 32.1. The minimum absolute atomic E-state index is 0.567. The number of hydrogen-bond acceptors (Lipinski definition) is 1. The Kier molecular flexibility index (Phi) is 6.14. The number of anilines is 1. The molecule has 0 bridgehead atoms. The van der Waals surface area contributed by atoms with Crippen molar-refractivity contribution in [2.24, 2.45) is 0 Å². The summed E-state index contributed by atoms with van der Waals surface area (Å²) in [7, 11) is 0. The summed E-state index contributed by atoms with van der Waals surface area (Å²) < 4.78 is 0. The Morgan fingerprint density at radius 2 is 1.23 bits per heavy atom. The van der Waals surface area contributed by atoms with Crippen molar-refractivity contribution in [1.82, 2.24) is 5.32 Å². The summed E-state index contributed by atoms with van der Waals surface area (Å²) in [6.07, 6.45) is 17.5. The Hall–Kier alpha value is -1.09. The summed E-state index contributed by atoms with van der Waals surface area (Å²) in [5.41, 5.74) is 4.42. The topological polar surface area (TPSA) is 24.1 Å². The molecule has 1 aromatic carbocycles. The minimum atomic E-state index is 0.567. The Bertz CT molecular complexity index is 574. The number of rotatable bonds is 4. The molecule has 4 rings (SSSR count). The molecule has 142 valence electrons. The molecule has 0 heterocycles. The van der Waals surface area contributed by atoms with Crippen LogP contribution in [0.5, 0.6) is 0 Å². The van der Waals surface area contributed by atoms with Crippen LogP contribution < -0.4 is 10.6 Å². The number of nitrogens with one attached hydrogen (secondary N) is 2. The van der Waals surface area contributed by atoms with Gasteiger partial charge >= 0.3 is 0 Å². The fraction of sp³-hybridized carbons (Fsp3) is 0.696. The third-order valence-electron chi connectivity index (χ3n) is 6.90.